The van der Waals surface area contributed by atoms with Crippen LogP contribution >= 0.6 is 7.82 Å². The number of phosphoric ester groups is 1. The molecule has 1 aromatic rings. The summed E-state index contributed by atoms with van der Waals surface area (Å²) in [6.07, 6.45) is 0. The van der Waals surface area contributed by atoms with Crippen molar-refractivity contribution in [2.75, 3.05) is 18.5 Å². The summed E-state index contributed by atoms with van der Waals surface area (Å²) in [6, 6.07) is 0. The maximum Gasteiger partial charge on any atom is 0.469 e. The molecule has 0 fully saturated rings. The molecule has 0 radical (unpaired) electrons. The predicted octanol–water partition coefficient (Wildman–Crippen LogP) is -1.51. The van der Waals surface area contributed by atoms with Gasteiger partial charge in [0.25, 0.3) is 0 Å². The minimum Gasteiger partial charge on any atom is -0.363 e. The number of nitrogens with zero attached hydrogens (tertiary/aromatic N) is 1. The largest absolute Gasteiger partial charge is 0.469 e. The summed E-state index contributed by atoms with van der Waals surface area (Å²) in [7, 11) is -4.65. The van der Waals surface area contributed by atoms with Gasteiger partial charge in [-0.25, -0.2) is 9.36 Å². The molecule has 0 atom stereocenters. The molecule has 0 aliphatic carbocycles. The molecule has 1 heterocycles. The molecule has 0 aromatic carbocycles. The zero-order valence-electron chi connectivity index (χ0n) is 9.15. The van der Waals surface area contributed by atoms with Gasteiger partial charge in [0.05, 0.1) is 11.5 Å². The van der Waals surface area contributed by atoms with Crippen molar-refractivity contribution >= 4 is 19.3 Å². The number of phosphoric acid groups is 1. The van der Waals surface area contributed by atoms with Crippen LogP contribution in [0.4, 0.5) is 11.5 Å². The van der Waals surface area contributed by atoms with Crippen molar-refractivity contribution in [2.45, 2.75) is 0 Å². The molecule has 0 aliphatic heterocycles. The third kappa shape index (κ3) is 4.63. The van der Waals surface area contributed by atoms with E-state index >= 15 is 0 Å². The van der Waals surface area contributed by atoms with Crippen LogP contribution in [0.15, 0.2) is 9.59 Å². The van der Waals surface area contributed by atoms with Gasteiger partial charge >= 0.3 is 24.8 Å². The smallest absolute Gasteiger partial charge is 0.363 e. The third-order valence-electron chi connectivity index (χ3n) is 1.76. The van der Waals surface area contributed by atoms with Gasteiger partial charge in [0.1, 0.15) is 0 Å². The summed E-state index contributed by atoms with van der Waals surface area (Å²) in [4.78, 5) is 52.2. The average Bonchev–Trinajstić information content (AvgIpc) is 2.21. The number of aromatic amines is 2. The van der Waals surface area contributed by atoms with E-state index in [0.29, 0.717) is 0 Å². The first-order chi connectivity index (χ1) is 8.70. The molecule has 19 heavy (non-hydrogen) atoms. The summed E-state index contributed by atoms with van der Waals surface area (Å²) in [5, 5.41) is 12.9. The normalized spacial score (nSPS) is 11.3. The quantitative estimate of drug-likeness (QED) is 0.180. The van der Waals surface area contributed by atoms with Gasteiger partial charge in [-0.1, -0.05) is 0 Å². The van der Waals surface area contributed by atoms with Gasteiger partial charge in [0.15, 0.2) is 5.82 Å². The molecule has 0 saturated carbocycles. The molecule has 1 rings (SSSR count). The van der Waals surface area contributed by atoms with E-state index in [4.69, 9.17) is 9.79 Å². The third-order valence-corrected chi connectivity index (χ3v) is 2.28. The second-order valence-electron chi connectivity index (χ2n) is 3.14. The van der Waals surface area contributed by atoms with Crippen LogP contribution in [0.25, 0.3) is 0 Å². The standard InChI is InChI=1S/C6H9N4O8P/c11-5-3(10(13)14)4(8-6(12)9-5)7-1-2-18-19(15,16)17/h1-2H2,(H2,15,16,17)(H3,7,8,9,11,12). The van der Waals surface area contributed by atoms with Gasteiger partial charge in [0, 0.05) is 6.54 Å². The lowest BCUT2D eigenvalue weighted by molar-refractivity contribution is -0.385. The van der Waals surface area contributed by atoms with Crippen molar-refractivity contribution in [3.05, 3.63) is 31.0 Å². The van der Waals surface area contributed by atoms with Crippen LogP contribution in [0, 0.1) is 10.1 Å². The zero-order chi connectivity index (χ0) is 14.6. The van der Waals surface area contributed by atoms with E-state index in [1.807, 2.05) is 4.98 Å². The number of H-pyrrole nitrogens is 2. The van der Waals surface area contributed by atoms with Crippen molar-refractivity contribution in [3.8, 4) is 0 Å². The molecule has 0 aliphatic rings. The number of rotatable bonds is 6. The van der Waals surface area contributed by atoms with Gasteiger partial charge in [-0.2, -0.15) is 0 Å². The van der Waals surface area contributed by atoms with E-state index in [9.17, 15) is 24.3 Å². The Kier molecular flexibility index (Phi) is 4.56. The lowest BCUT2D eigenvalue weighted by Gasteiger charge is -2.07. The van der Waals surface area contributed by atoms with Crippen LogP contribution in [-0.4, -0.2) is 37.8 Å². The highest BCUT2D eigenvalue weighted by Gasteiger charge is 2.21. The van der Waals surface area contributed by atoms with Crippen LogP contribution in [0.2, 0.25) is 0 Å². The molecule has 0 bridgehead atoms. The first-order valence-corrected chi connectivity index (χ1v) is 6.18. The van der Waals surface area contributed by atoms with Crippen LogP contribution in [0.1, 0.15) is 0 Å². The Morgan fingerprint density at radius 3 is 2.53 bits per heavy atom. The first kappa shape index (κ1) is 15.0. The minimum absolute atomic E-state index is 0.272. The molecular formula is C6H9N4O8P. The molecule has 0 unspecified atom stereocenters. The van der Waals surface area contributed by atoms with Crippen LogP contribution < -0.4 is 16.6 Å². The lowest BCUT2D eigenvalue weighted by atomic mass is 10.4. The molecule has 0 spiro atoms. The van der Waals surface area contributed by atoms with Gasteiger partial charge in [-0.3, -0.25) is 29.4 Å². The molecule has 5 N–H and O–H groups in total. The Hall–Kier alpha value is -2.01. The number of nitro groups is 1. The summed E-state index contributed by atoms with van der Waals surface area (Å²) >= 11 is 0. The first-order valence-electron chi connectivity index (χ1n) is 4.65. The summed E-state index contributed by atoms with van der Waals surface area (Å²) in [5.74, 6) is -0.479. The number of nitrogens with one attached hydrogen (secondary N) is 3. The highest BCUT2D eigenvalue weighted by Crippen LogP contribution is 2.35. The molecule has 12 nitrogen and oxygen atoms in total. The SMILES string of the molecule is O=c1[nH]c(NCCOP(=O)(O)O)c([N+](=O)[O-])c(=O)[nH]1. The highest BCUT2D eigenvalue weighted by molar-refractivity contribution is 7.46. The van der Waals surface area contributed by atoms with Crippen molar-refractivity contribution in [2.24, 2.45) is 0 Å². The van der Waals surface area contributed by atoms with Crippen LogP contribution in [0.5, 0.6) is 0 Å². The van der Waals surface area contributed by atoms with Crippen molar-refractivity contribution in [3.63, 3.8) is 0 Å². The average molecular weight is 296 g/mol. The van der Waals surface area contributed by atoms with E-state index in [2.05, 4.69) is 9.84 Å². The van der Waals surface area contributed by atoms with E-state index in [-0.39, 0.29) is 6.54 Å². The second-order valence-corrected chi connectivity index (χ2v) is 4.38. The van der Waals surface area contributed by atoms with Crippen molar-refractivity contribution < 1.29 is 23.8 Å². The van der Waals surface area contributed by atoms with Crippen molar-refractivity contribution in [1.82, 2.24) is 9.97 Å². The summed E-state index contributed by atoms with van der Waals surface area (Å²) < 4.78 is 14.4. The topological polar surface area (TPSA) is 188 Å². The molecular weight excluding hydrogens is 287 g/mol. The van der Waals surface area contributed by atoms with E-state index in [1.165, 1.54) is 0 Å². The van der Waals surface area contributed by atoms with Crippen LogP contribution in [0.3, 0.4) is 0 Å². The lowest BCUT2D eigenvalue weighted by Crippen LogP contribution is -2.27. The molecule has 0 saturated heterocycles. The Bertz CT molecular complexity index is 629. The highest BCUT2D eigenvalue weighted by atomic mass is 31.2. The maximum absolute atomic E-state index is 11.2. The van der Waals surface area contributed by atoms with E-state index in [1.54, 1.807) is 4.98 Å². The fourth-order valence-corrected chi connectivity index (χ4v) is 1.45. The minimum atomic E-state index is -4.65. The molecule has 0 amide bonds. The Labute approximate surface area is 103 Å². The fraction of sp³-hybridized carbons (Fsp3) is 0.333. The predicted molar refractivity (Wildman–Crippen MR) is 60.8 cm³/mol. The van der Waals surface area contributed by atoms with Gasteiger partial charge in [-0.15, -0.1) is 0 Å². The number of anilines is 1. The molecule has 13 heteroatoms. The maximum atomic E-state index is 11.2. The van der Waals surface area contributed by atoms with Crippen molar-refractivity contribution in [1.29, 1.82) is 0 Å². The molecule has 106 valence electrons. The van der Waals surface area contributed by atoms with E-state index < -0.39 is 42.1 Å². The zero-order valence-corrected chi connectivity index (χ0v) is 10.0. The Morgan fingerprint density at radius 2 is 2.00 bits per heavy atom. The fourth-order valence-electron chi connectivity index (χ4n) is 1.12. The molecule has 1 aromatic heterocycles. The summed E-state index contributed by atoms with van der Waals surface area (Å²) in [5.41, 5.74) is -3.09. The number of aromatic nitrogens is 2. The van der Waals surface area contributed by atoms with Gasteiger partial charge in [-0.05, 0) is 0 Å². The Morgan fingerprint density at radius 1 is 1.37 bits per heavy atom. The Balaban J connectivity index is 2.84. The summed E-state index contributed by atoms with van der Waals surface area (Å²) in [6.45, 7) is -0.762. The van der Waals surface area contributed by atoms with Gasteiger partial charge in [0.2, 0.25) is 0 Å². The number of hydrogen-bond acceptors (Lipinski definition) is 7. The van der Waals surface area contributed by atoms with E-state index in [0.717, 1.165) is 0 Å². The second kappa shape index (κ2) is 5.75. The number of hydrogen-bond donors (Lipinski definition) is 5. The van der Waals surface area contributed by atoms with Gasteiger partial charge < -0.3 is 15.1 Å². The monoisotopic (exact) mass is 296 g/mol. The van der Waals surface area contributed by atoms with Crippen LogP contribution in [-0.2, 0) is 9.09 Å².